The van der Waals surface area contributed by atoms with Crippen molar-refractivity contribution in [2.45, 2.75) is 18.2 Å². The monoisotopic (exact) mass is 502 g/mol. The average molecular weight is 503 g/mol. The molecule has 0 spiro atoms. The van der Waals surface area contributed by atoms with Gasteiger partial charge >= 0.3 is 0 Å². The largest absolute Gasteiger partial charge is 0.497 e. The first-order valence-electron chi connectivity index (χ1n) is 11.3. The van der Waals surface area contributed by atoms with Crippen LogP contribution in [0, 0.1) is 6.92 Å². The predicted octanol–water partition coefficient (Wildman–Crippen LogP) is 2.72. The zero-order valence-corrected chi connectivity index (χ0v) is 21.1. The van der Waals surface area contributed by atoms with Crippen molar-refractivity contribution >= 4 is 42.4 Å². The van der Waals surface area contributed by atoms with Crippen LogP contribution in [0.15, 0.2) is 47.4 Å². The highest BCUT2D eigenvalue weighted by molar-refractivity contribution is 7.91. The van der Waals surface area contributed by atoms with Crippen LogP contribution in [0.4, 0.5) is 5.13 Å². The van der Waals surface area contributed by atoms with Crippen molar-refractivity contribution in [1.82, 2.24) is 15.2 Å². The molecule has 0 atom stereocenters. The Morgan fingerprint density at radius 2 is 1.85 bits per heavy atom. The lowest BCUT2D eigenvalue weighted by molar-refractivity contribution is -0.120. The highest BCUT2D eigenvalue weighted by Crippen LogP contribution is 2.31. The third-order valence-corrected chi connectivity index (χ3v) is 8.77. The standard InChI is InChI=1S/C24H30N4O4S2/c1-18-3-6-20(7-4-18)34(30,31)16-9-23(29)25-10-11-27-12-14-28(15-13-27)24-26-21-8-5-19(32-2)17-22(21)33-24/h3-8,17H,9-16H2,1-2H3,(H,25,29). The molecule has 0 radical (unpaired) electrons. The van der Waals surface area contributed by atoms with Gasteiger partial charge in [0.05, 0.1) is 28.0 Å². The van der Waals surface area contributed by atoms with E-state index < -0.39 is 9.84 Å². The van der Waals surface area contributed by atoms with E-state index in [0.717, 1.165) is 59.4 Å². The zero-order valence-electron chi connectivity index (χ0n) is 19.5. The molecule has 0 saturated carbocycles. The van der Waals surface area contributed by atoms with E-state index in [1.807, 2.05) is 25.1 Å². The van der Waals surface area contributed by atoms with Crippen LogP contribution in [0.5, 0.6) is 5.75 Å². The number of aromatic nitrogens is 1. The minimum absolute atomic E-state index is 0.0353. The highest BCUT2D eigenvalue weighted by atomic mass is 32.2. The number of methoxy groups -OCH3 is 1. The van der Waals surface area contributed by atoms with Gasteiger partial charge in [-0.3, -0.25) is 9.69 Å². The number of nitrogens with one attached hydrogen (secondary N) is 1. The molecule has 10 heteroatoms. The van der Waals surface area contributed by atoms with Crippen molar-refractivity contribution in [3.8, 4) is 5.75 Å². The van der Waals surface area contributed by atoms with Gasteiger partial charge in [0, 0.05) is 45.7 Å². The summed E-state index contributed by atoms with van der Waals surface area (Å²) in [5.74, 6) is 0.413. The van der Waals surface area contributed by atoms with Gasteiger partial charge in [-0.25, -0.2) is 13.4 Å². The average Bonchev–Trinajstić information content (AvgIpc) is 3.27. The van der Waals surface area contributed by atoms with Gasteiger partial charge in [-0.1, -0.05) is 29.0 Å². The van der Waals surface area contributed by atoms with E-state index in [0.29, 0.717) is 6.54 Å². The Kier molecular flexibility index (Phi) is 7.70. The van der Waals surface area contributed by atoms with Gasteiger partial charge in [0.2, 0.25) is 5.91 Å². The lowest BCUT2D eigenvalue weighted by Crippen LogP contribution is -2.48. The molecule has 4 rings (SSSR count). The molecule has 1 aromatic heterocycles. The summed E-state index contributed by atoms with van der Waals surface area (Å²) in [6.45, 7) is 6.67. The van der Waals surface area contributed by atoms with Gasteiger partial charge < -0.3 is 15.0 Å². The molecule has 34 heavy (non-hydrogen) atoms. The van der Waals surface area contributed by atoms with Gasteiger partial charge in [0.25, 0.3) is 0 Å². The summed E-state index contributed by atoms with van der Waals surface area (Å²) in [5, 5.41) is 3.87. The first kappa shape index (κ1) is 24.4. The van der Waals surface area contributed by atoms with E-state index >= 15 is 0 Å². The second kappa shape index (κ2) is 10.7. The SMILES string of the molecule is COc1ccc2nc(N3CCN(CCNC(=O)CCS(=O)(=O)c4ccc(C)cc4)CC3)sc2c1. The van der Waals surface area contributed by atoms with Crippen molar-refractivity contribution in [1.29, 1.82) is 0 Å². The zero-order chi connectivity index (χ0) is 24.1. The minimum Gasteiger partial charge on any atom is -0.497 e. The van der Waals surface area contributed by atoms with Crippen molar-refractivity contribution in [2.75, 3.05) is 57.0 Å². The Morgan fingerprint density at radius 1 is 1.12 bits per heavy atom. The topological polar surface area (TPSA) is 91.8 Å². The van der Waals surface area contributed by atoms with E-state index in [9.17, 15) is 13.2 Å². The van der Waals surface area contributed by atoms with Crippen LogP contribution in [-0.2, 0) is 14.6 Å². The van der Waals surface area contributed by atoms with Gasteiger partial charge in [-0.2, -0.15) is 0 Å². The fourth-order valence-electron chi connectivity index (χ4n) is 3.85. The third-order valence-electron chi connectivity index (χ3n) is 5.96. The molecule has 0 aliphatic carbocycles. The molecule has 1 aliphatic heterocycles. The molecule has 3 aromatic rings. The molecule has 2 heterocycles. The molecule has 1 saturated heterocycles. The fraction of sp³-hybridized carbons (Fsp3) is 0.417. The second-order valence-corrected chi connectivity index (χ2v) is 11.5. The molecule has 0 unspecified atom stereocenters. The number of carbonyl (C=O) groups excluding carboxylic acids is 1. The minimum atomic E-state index is -3.45. The summed E-state index contributed by atoms with van der Waals surface area (Å²) >= 11 is 1.67. The maximum absolute atomic E-state index is 12.4. The van der Waals surface area contributed by atoms with Crippen LogP contribution in [0.3, 0.4) is 0 Å². The number of hydrogen-bond donors (Lipinski definition) is 1. The summed E-state index contributed by atoms with van der Waals surface area (Å²) in [6, 6.07) is 12.6. The Balaban J connectivity index is 1.18. The third kappa shape index (κ3) is 6.05. The summed E-state index contributed by atoms with van der Waals surface area (Å²) in [4.78, 5) is 21.8. The predicted molar refractivity (Wildman–Crippen MR) is 136 cm³/mol. The van der Waals surface area contributed by atoms with Crippen molar-refractivity contribution in [2.24, 2.45) is 0 Å². The molecule has 0 bridgehead atoms. The molecule has 1 aliphatic rings. The van der Waals surface area contributed by atoms with Crippen LogP contribution < -0.4 is 15.0 Å². The first-order valence-corrected chi connectivity index (χ1v) is 13.8. The lowest BCUT2D eigenvalue weighted by Gasteiger charge is -2.34. The highest BCUT2D eigenvalue weighted by Gasteiger charge is 2.20. The van der Waals surface area contributed by atoms with E-state index in [1.54, 1.807) is 42.7 Å². The fourth-order valence-corrected chi connectivity index (χ4v) is 6.14. The van der Waals surface area contributed by atoms with Crippen LogP contribution in [-0.4, -0.2) is 76.3 Å². The van der Waals surface area contributed by atoms with Crippen LogP contribution in [0.1, 0.15) is 12.0 Å². The Labute approximate surface area is 204 Å². The summed E-state index contributed by atoms with van der Waals surface area (Å²) in [6.07, 6.45) is -0.0353. The number of aryl methyl sites for hydroxylation is 1. The van der Waals surface area contributed by atoms with Crippen molar-refractivity contribution in [3.05, 3.63) is 48.0 Å². The summed E-state index contributed by atoms with van der Waals surface area (Å²) in [5.41, 5.74) is 1.98. The Morgan fingerprint density at radius 3 is 2.56 bits per heavy atom. The summed E-state index contributed by atoms with van der Waals surface area (Å²) < 4.78 is 31.2. The molecule has 1 fully saturated rings. The molecule has 1 amide bonds. The number of sulfone groups is 1. The van der Waals surface area contributed by atoms with E-state index in [-0.39, 0.29) is 23.0 Å². The Bertz CT molecular complexity index is 1230. The second-order valence-electron chi connectivity index (χ2n) is 8.39. The summed E-state index contributed by atoms with van der Waals surface area (Å²) in [7, 11) is -1.79. The van der Waals surface area contributed by atoms with E-state index in [2.05, 4.69) is 15.1 Å². The van der Waals surface area contributed by atoms with Crippen molar-refractivity contribution < 1.29 is 17.9 Å². The van der Waals surface area contributed by atoms with E-state index in [1.165, 1.54) is 0 Å². The number of thiazole rings is 1. The molecular weight excluding hydrogens is 472 g/mol. The van der Waals surface area contributed by atoms with Gasteiger partial charge in [-0.05, 0) is 37.3 Å². The number of anilines is 1. The maximum atomic E-state index is 12.4. The molecular formula is C24H30N4O4S2. The van der Waals surface area contributed by atoms with Gasteiger partial charge in [0.1, 0.15) is 5.75 Å². The number of rotatable bonds is 9. The number of fused-ring (bicyclic) bond motifs is 1. The number of hydrogen-bond acceptors (Lipinski definition) is 8. The number of amides is 1. The van der Waals surface area contributed by atoms with Crippen molar-refractivity contribution in [3.63, 3.8) is 0 Å². The smallest absolute Gasteiger partial charge is 0.221 e. The first-order chi connectivity index (χ1) is 16.3. The molecule has 182 valence electrons. The normalized spacial score (nSPS) is 14.9. The maximum Gasteiger partial charge on any atom is 0.221 e. The molecule has 1 N–H and O–H groups in total. The van der Waals surface area contributed by atoms with Gasteiger partial charge in [0.15, 0.2) is 15.0 Å². The van der Waals surface area contributed by atoms with Crippen LogP contribution in [0.25, 0.3) is 10.2 Å². The lowest BCUT2D eigenvalue weighted by atomic mass is 10.2. The number of benzene rings is 2. The molecule has 2 aromatic carbocycles. The molecule has 8 nitrogen and oxygen atoms in total. The van der Waals surface area contributed by atoms with Crippen LogP contribution in [0.2, 0.25) is 0 Å². The quantitative estimate of drug-likeness (QED) is 0.481. The number of nitrogens with zero attached hydrogens (tertiary/aromatic N) is 3. The van der Waals surface area contributed by atoms with E-state index in [4.69, 9.17) is 9.72 Å². The number of piperazine rings is 1. The van der Waals surface area contributed by atoms with Crippen LogP contribution >= 0.6 is 11.3 Å². The van der Waals surface area contributed by atoms with Gasteiger partial charge in [-0.15, -0.1) is 0 Å². The number of ether oxygens (including phenoxy) is 1. The number of carbonyl (C=O) groups is 1. The Hall–Kier alpha value is -2.69.